The van der Waals surface area contributed by atoms with Crippen molar-refractivity contribution in [1.29, 1.82) is 0 Å². The molecule has 1 N–H and O–H groups in total. The molecule has 2 fully saturated rings. The van der Waals surface area contributed by atoms with Crippen molar-refractivity contribution < 1.29 is 0 Å². The lowest BCUT2D eigenvalue weighted by atomic mass is 9.89. The van der Waals surface area contributed by atoms with Crippen LogP contribution < -0.4 is 5.32 Å². The van der Waals surface area contributed by atoms with E-state index < -0.39 is 0 Å². The number of rotatable bonds is 3. The minimum Gasteiger partial charge on any atom is -0.315 e. The first kappa shape index (κ1) is 12.2. The van der Waals surface area contributed by atoms with E-state index in [2.05, 4.69) is 40.5 Å². The Kier molecular flexibility index (Phi) is 3.96. The summed E-state index contributed by atoms with van der Waals surface area (Å²) < 4.78 is 0. The average molecular weight is 244 g/mol. The predicted octanol–water partition coefficient (Wildman–Crippen LogP) is 2.30. The first-order valence-electron chi connectivity index (χ1n) is 7.40. The van der Waals surface area contributed by atoms with E-state index in [1.165, 1.54) is 57.4 Å². The van der Waals surface area contributed by atoms with Crippen LogP contribution in [0.3, 0.4) is 0 Å². The molecule has 2 saturated heterocycles. The first-order chi connectivity index (χ1) is 8.92. The van der Waals surface area contributed by atoms with Gasteiger partial charge in [0.15, 0.2) is 0 Å². The molecule has 0 spiro atoms. The van der Waals surface area contributed by atoms with Crippen molar-refractivity contribution in [2.45, 2.75) is 31.7 Å². The predicted molar refractivity (Wildman–Crippen MR) is 75.7 cm³/mol. The molecule has 2 nitrogen and oxygen atoms in total. The normalized spacial score (nSPS) is 26.6. The van der Waals surface area contributed by atoms with E-state index in [1.807, 2.05) is 0 Å². The topological polar surface area (TPSA) is 15.3 Å². The summed E-state index contributed by atoms with van der Waals surface area (Å²) in [7, 11) is 0. The minimum absolute atomic E-state index is 0.822. The van der Waals surface area contributed by atoms with E-state index in [-0.39, 0.29) is 0 Å². The van der Waals surface area contributed by atoms with Crippen molar-refractivity contribution in [3.05, 3.63) is 35.9 Å². The zero-order chi connectivity index (χ0) is 12.2. The standard InChI is InChI=1S/C16H24N2/c1-2-4-14(5-3-1)12-15-7-10-18(11-8-15)16-6-9-17-13-16/h1-5,15-17H,6-13H2. The maximum absolute atomic E-state index is 3.48. The molecule has 0 saturated carbocycles. The van der Waals surface area contributed by atoms with E-state index >= 15 is 0 Å². The largest absolute Gasteiger partial charge is 0.315 e. The maximum atomic E-state index is 3.48. The van der Waals surface area contributed by atoms with Crippen LogP contribution in [-0.4, -0.2) is 37.1 Å². The van der Waals surface area contributed by atoms with Gasteiger partial charge in [-0.2, -0.15) is 0 Å². The van der Waals surface area contributed by atoms with Crippen LogP contribution in [0.25, 0.3) is 0 Å². The van der Waals surface area contributed by atoms with Crippen LogP contribution in [0.2, 0.25) is 0 Å². The van der Waals surface area contributed by atoms with Gasteiger partial charge in [-0.25, -0.2) is 0 Å². The van der Waals surface area contributed by atoms with Gasteiger partial charge in [-0.05, 0) is 56.8 Å². The van der Waals surface area contributed by atoms with Crippen LogP contribution in [0.4, 0.5) is 0 Å². The third-order valence-electron chi connectivity index (χ3n) is 4.57. The van der Waals surface area contributed by atoms with Gasteiger partial charge in [0.25, 0.3) is 0 Å². The molecule has 18 heavy (non-hydrogen) atoms. The van der Waals surface area contributed by atoms with Crippen molar-refractivity contribution in [2.75, 3.05) is 26.2 Å². The van der Waals surface area contributed by atoms with E-state index in [0.29, 0.717) is 0 Å². The fraction of sp³-hybridized carbons (Fsp3) is 0.625. The first-order valence-corrected chi connectivity index (χ1v) is 7.40. The Bertz CT molecular complexity index is 349. The molecular formula is C16H24N2. The molecule has 0 aromatic heterocycles. The van der Waals surface area contributed by atoms with Gasteiger partial charge in [0, 0.05) is 12.6 Å². The monoisotopic (exact) mass is 244 g/mol. The number of hydrogen-bond donors (Lipinski definition) is 1. The van der Waals surface area contributed by atoms with Crippen molar-refractivity contribution >= 4 is 0 Å². The van der Waals surface area contributed by atoms with Crippen LogP contribution in [0.5, 0.6) is 0 Å². The van der Waals surface area contributed by atoms with E-state index in [1.54, 1.807) is 0 Å². The summed E-state index contributed by atoms with van der Waals surface area (Å²) in [6.07, 6.45) is 5.39. The molecule has 2 heterocycles. The minimum atomic E-state index is 0.822. The van der Waals surface area contributed by atoms with Gasteiger partial charge in [0.05, 0.1) is 0 Å². The van der Waals surface area contributed by atoms with Crippen molar-refractivity contribution in [1.82, 2.24) is 10.2 Å². The molecule has 2 heteroatoms. The number of nitrogens with zero attached hydrogens (tertiary/aromatic N) is 1. The molecule has 2 aliphatic heterocycles. The summed E-state index contributed by atoms with van der Waals surface area (Å²) in [5.74, 6) is 0.901. The van der Waals surface area contributed by atoms with Crippen LogP contribution in [-0.2, 0) is 6.42 Å². The van der Waals surface area contributed by atoms with Crippen LogP contribution in [0, 0.1) is 5.92 Å². The van der Waals surface area contributed by atoms with Gasteiger partial charge in [0.2, 0.25) is 0 Å². The highest BCUT2D eigenvalue weighted by Gasteiger charge is 2.26. The lowest BCUT2D eigenvalue weighted by Crippen LogP contribution is -2.42. The smallest absolute Gasteiger partial charge is 0.0232 e. The zero-order valence-corrected chi connectivity index (χ0v) is 11.1. The summed E-state index contributed by atoms with van der Waals surface area (Å²) in [4.78, 5) is 2.71. The summed E-state index contributed by atoms with van der Waals surface area (Å²) in [5, 5.41) is 3.48. The van der Waals surface area contributed by atoms with Crippen molar-refractivity contribution in [2.24, 2.45) is 5.92 Å². The van der Waals surface area contributed by atoms with E-state index in [0.717, 1.165) is 12.0 Å². The molecule has 1 unspecified atom stereocenters. The highest BCUT2D eigenvalue weighted by atomic mass is 15.2. The summed E-state index contributed by atoms with van der Waals surface area (Å²) in [6.45, 7) is 5.05. The Balaban J connectivity index is 1.48. The van der Waals surface area contributed by atoms with Gasteiger partial charge < -0.3 is 5.32 Å². The number of likely N-dealkylation sites (tertiary alicyclic amines) is 1. The number of benzene rings is 1. The summed E-state index contributed by atoms with van der Waals surface area (Å²) in [5.41, 5.74) is 1.51. The summed E-state index contributed by atoms with van der Waals surface area (Å²) >= 11 is 0. The van der Waals surface area contributed by atoms with Crippen molar-refractivity contribution in [3.8, 4) is 0 Å². The van der Waals surface area contributed by atoms with Gasteiger partial charge in [-0.1, -0.05) is 30.3 Å². The Labute approximate surface area is 110 Å². The number of nitrogens with one attached hydrogen (secondary N) is 1. The quantitative estimate of drug-likeness (QED) is 0.877. The zero-order valence-electron chi connectivity index (χ0n) is 11.1. The van der Waals surface area contributed by atoms with Crippen molar-refractivity contribution in [3.63, 3.8) is 0 Å². The number of hydrogen-bond acceptors (Lipinski definition) is 2. The van der Waals surface area contributed by atoms with Gasteiger partial charge in [0.1, 0.15) is 0 Å². The van der Waals surface area contributed by atoms with Crippen LogP contribution >= 0.6 is 0 Å². The fourth-order valence-corrected chi connectivity index (χ4v) is 3.42. The Morgan fingerprint density at radius 1 is 1.06 bits per heavy atom. The molecule has 98 valence electrons. The molecule has 0 aliphatic carbocycles. The lowest BCUT2D eigenvalue weighted by molar-refractivity contribution is 0.140. The second-order valence-electron chi connectivity index (χ2n) is 5.82. The highest BCUT2D eigenvalue weighted by molar-refractivity contribution is 5.15. The SMILES string of the molecule is c1ccc(CC2CCN(C3CCNC3)CC2)cc1. The molecule has 0 bridgehead atoms. The molecular weight excluding hydrogens is 220 g/mol. The molecule has 1 atom stereocenters. The Hall–Kier alpha value is -0.860. The van der Waals surface area contributed by atoms with E-state index in [9.17, 15) is 0 Å². The fourth-order valence-electron chi connectivity index (χ4n) is 3.42. The third kappa shape index (κ3) is 2.93. The highest BCUT2D eigenvalue weighted by Crippen LogP contribution is 2.24. The van der Waals surface area contributed by atoms with E-state index in [4.69, 9.17) is 0 Å². The Morgan fingerprint density at radius 2 is 1.83 bits per heavy atom. The molecule has 2 aliphatic rings. The molecule has 1 aromatic carbocycles. The van der Waals surface area contributed by atoms with Gasteiger partial charge >= 0.3 is 0 Å². The molecule has 1 aromatic rings. The van der Waals surface area contributed by atoms with Gasteiger partial charge in [-0.15, -0.1) is 0 Å². The Morgan fingerprint density at radius 3 is 2.50 bits per heavy atom. The van der Waals surface area contributed by atoms with Crippen LogP contribution in [0.1, 0.15) is 24.8 Å². The average Bonchev–Trinajstić information content (AvgIpc) is 2.95. The molecule has 0 amide bonds. The summed E-state index contributed by atoms with van der Waals surface area (Å²) in [6, 6.07) is 11.8. The molecule has 3 rings (SSSR count). The molecule has 0 radical (unpaired) electrons. The number of piperidine rings is 1. The second-order valence-corrected chi connectivity index (χ2v) is 5.82. The van der Waals surface area contributed by atoms with Gasteiger partial charge in [-0.3, -0.25) is 4.90 Å². The maximum Gasteiger partial charge on any atom is 0.0232 e. The second kappa shape index (κ2) is 5.85. The third-order valence-corrected chi connectivity index (χ3v) is 4.57. The lowest BCUT2D eigenvalue weighted by Gasteiger charge is -2.35. The van der Waals surface area contributed by atoms with Crippen LogP contribution in [0.15, 0.2) is 30.3 Å².